The van der Waals surface area contributed by atoms with Crippen LogP contribution in [0.25, 0.3) is 32.9 Å². The van der Waals surface area contributed by atoms with Gasteiger partial charge in [0.1, 0.15) is 12.4 Å². The van der Waals surface area contributed by atoms with Gasteiger partial charge in [-0.15, -0.1) is 0 Å². The van der Waals surface area contributed by atoms with E-state index >= 15 is 0 Å². The fourth-order valence-corrected chi connectivity index (χ4v) is 5.00. The number of benzene rings is 2. The van der Waals surface area contributed by atoms with Gasteiger partial charge in [-0.25, -0.2) is 4.79 Å². The molecule has 2 aromatic carbocycles. The van der Waals surface area contributed by atoms with E-state index in [0.29, 0.717) is 50.0 Å². The highest BCUT2D eigenvalue weighted by Gasteiger charge is 2.34. The number of hydrogen-bond donors (Lipinski definition) is 2. The zero-order chi connectivity index (χ0) is 25.8. The third-order valence-corrected chi connectivity index (χ3v) is 6.47. The van der Waals surface area contributed by atoms with E-state index in [0.717, 1.165) is 23.1 Å². The number of fused-ring (bicyclic) bond motifs is 1. The van der Waals surface area contributed by atoms with Crippen molar-refractivity contribution in [1.82, 2.24) is 4.98 Å². The number of pyridine rings is 2. The summed E-state index contributed by atoms with van der Waals surface area (Å²) in [4.78, 5) is 17.3. The molecule has 36 heavy (non-hydrogen) atoms. The first-order chi connectivity index (χ1) is 17.1. The normalized spacial score (nSPS) is 14.1. The van der Waals surface area contributed by atoms with Crippen molar-refractivity contribution in [3.05, 3.63) is 70.2 Å². The number of rotatable bonds is 5. The number of hydrogen-bond acceptors (Lipinski definition) is 6. The number of carboxylic acids is 1. The van der Waals surface area contributed by atoms with Crippen LogP contribution < -0.4 is 9.47 Å². The van der Waals surface area contributed by atoms with E-state index < -0.39 is 24.3 Å². The van der Waals surface area contributed by atoms with Crippen LogP contribution in [-0.2, 0) is 22.6 Å². The Hall–Kier alpha value is -3.75. The topological polar surface area (TPSA) is 116 Å². The molecular formula is C28H28N2O6. The van der Waals surface area contributed by atoms with Crippen LogP contribution in [0.3, 0.4) is 0 Å². The molecule has 0 aliphatic carbocycles. The molecule has 2 N–H and O–H groups in total. The molecule has 3 heterocycles. The van der Waals surface area contributed by atoms with Crippen LogP contribution in [0, 0.1) is 12.1 Å². The van der Waals surface area contributed by atoms with Gasteiger partial charge in [0.05, 0.1) is 23.1 Å². The smallest absolute Gasteiger partial charge is 0.337 e. The Balaban J connectivity index is 1.94. The molecule has 186 valence electrons. The molecule has 1 atom stereocenters. The van der Waals surface area contributed by atoms with Crippen molar-refractivity contribution >= 4 is 27.8 Å². The molecule has 0 unspecified atom stereocenters. The Morgan fingerprint density at radius 1 is 1.25 bits per heavy atom. The summed E-state index contributed by atoms with van der Waals surface area (Å²) < 4.78 is 12.7. The number of nitrogens with zero attached hydrogens (tertiary/aromatic N) is 2. The quantitative estimate of drug-likeness (QED) is 0.317. The number of carboxylic acid groups (broad SMARTS) is 1. The van der Waals surface area contributed by atoms with E-state index in [1.807, 2.05) is 18.2 Å². The lowest BCUT2D eigenvalue weighted by Crippen LogP contribution is -2.33. The molecular weight excluding hydrogens is 460 g/mol. The van der Waals surface area contributed by atoms with Crippen molar-refractivity contribution in [3.8, 4) is 16.9 Å². The summed E-state index contributed by atoms with van der Waals surface area (Å²) in [5, 5.41) is 34.5. The summed E-state index contributed by atoms with van der Waals surface area (Å²) >= 11 is 0. The van der Waals surface area contributed by atoms with Crippen molar-refractivity contribution in [2.45, 2.75) is 52.4 Å². The lowest BCUT2D eigenvalue weighted by atomic mass is 9.86. The van der Waals surface area contributed by atoms with Gasteiger partial charge in [-0.2, -0.15) is 4.73 Å². The van der Waals surface area contributed by atoms with Crippen molar-refractivity contribution in [3.63, 3.8) is 0 Å². The van der Waals surface area contributed by atoms with Gasteiger partial charge < -0.3 is 24.9 Å². The fourth-order valence-electron chi connectivity index (χ4n) is 5.00. The van der Waals surface area contributed by atoms with Crippen LogP contribution in [0.1, 0.15) is 49.3 Å². The van der Waals surface area contributed by atoms with Gasteiger partial charge in [-0.3, -0.25) is 4.98 Å². The van der Waals surface area contributed by atoms with E-state index in [1.54, 1.807) is 52.1 Å². The largest absolute Gasteiger partial charge is 0.618 e. The van der Waals surface area contributed by atoms with E-state index in [2.05, 4.69) is 4.98 Å². The van der Waals surface area contributed by atoms with E-state index in [1.165, 1.54) is 0 Å². The van der Waals surface area contributed by atoms with E-state index in [9.17, 15) is 20.2 Å². The molecule has 0 amide bonds. The maximum absolute atomic E-state index is 13.1. The van der Waals surface area contributed by atoms with Crippen LogP contribution in [0.4, 0.5) is 0 Å². The third kappa shape index (κ3) is 3.92. The Bertz CT molecular complexity index is 1510. The first kappa shape index (κ1) is 24.0. The molecule has 0 bridgehead atoms. The highest BCUT2D eigenvalue weighted by atomic mass is 16.5. The van der Waals surface area contributed by atoms with Crippen LogP contribution in [0.15, 0.2) is 42.6 Å². The van der Waals surface area contributed by atoms with Gasteiger partial charge in [0.15, 0.2) is 6.10 Å². The zero-order valence-electron chi connectivity index (χ0n) is 20.7. The SMILES string of the molecule is Cc1cc2c(ccc(CO)[n+]2[O-])c(-c2ccc3c4c(ccnc24)CCO3)c1[C@H](OC(C)(C)C)C(=O)O. The number of aryl methyl sites for hydroxylation is 1. The Morgan fingerprint density at radius 2 is 2.03 bits per heavy atom. The average molecular weight is 489 g/mol. The molecule has 1 aliphatic heterocycles. The molecule has 4 aromatic rings. The summed E-state index contributed by atoms with van der Waals surface area (Å²) in [6.07, 6.45) is 1.19. The second kappa shape index (κ2) is 8.72. The van der Waals surface area contributed by atoms with E-state index in [-0.39, 0.29) is 5.69 Å². The summed E-state index contributed by atoms with van der Waals surface area (Å²) in [6.45, 7) is 7.34. The highest BCUT2D eigenvalue weighted by Crippen LogP contribution is 2.44. The van der Waals surface area contributed by atoms with Gasteiger partial charge in [0.25, 0.3) is 0 Å². The first-order valence-electron chi connectivity index (χ1n) is 11.8. The minimum Gasteiger partial charge on any atom is -0.618 e. The van der Waals surface area contributed by atoms with Crippen molar-refractivity contribution < 1.29 is 29.2 Å². The van der Waals surface area contributed by atoms with Crippen LogP contribution >= 0.6 is 0 Å². The Morgan fingerprint density at radius 3 is 2.72 bits per heavy atom. The van der Waals surface area contributed by atoms with E-state index in [4.69, 9.17) is 9.47 Å². The summed E-state index contributed by atoms with van der Waals surface area (Å²) in [5.74, 6) is -0.404. The minimum atomic E-state index is -1.29. The van der Waals surface area contributed by atoms with Crippen molar-refractivity contribution in [2.75, 3.05) is 6.61 Å². The second-order valence-electron chi connectivity index (χ2n) is 10.0. The Kier molecular flexibility index (Phi) is 5.81. The number of carbonyl (C=O) groups is 1. The number of ether oxygens (including phenoxy) is 2. The number of aromatic nitrogens is 2. The maximum atomic E-state index is 13.1. The van der Waals surface area contributed by atoms with Gasteiger partial charge >= 0.3 is 5.97 Å². The molecule has 0 saturated carbocycles. The molecule has 0 fully saturated rings. The standard InChI is InChI=1S/C28H28N2O6/c1-15-13-20-18(6-5-17(14-31)30(20)34)24(22(15)26(27(32)33)36-28(2,3)4)19-7-8-21-23-16(10-12-35-21)9-11-29-25(19)23/h5-9,11,13,26,31H,10,12,14H2,1-4H3,(H,32,33)/t26-/m0/s1. The zero-order valence-corrected chi connectivity index (χ0v) is 20.7. The van der Waals surface area contributed by atoms with Crippen LogP contribution in [0.2, 0.25) is 0 Å². The number of aliphatic carboxylic acids is 1. The molecule has 0 spiro atoms. The predicted molar refractivity (Wildman–Crippen MR) is 135 cm³/mol. The highest BCUT2D eigenvalue weighted by molar-refractivity contribution is 6.07. The molecule has 5 rings (SSSR count). The van der Waals surface area contributed by atoms with Gasteiger partial charge in [0, 0.05) is 46.8 Å². The molecule has 1 aliphatic rings. The molecule has 8 heteroatoms. The summed E-state index contributed by atoms with van der Waals surface area (Å²) in [6, 6.07) is 10.7. The Labute approximate surface area is 208 Å². The van der Waals surface area contributed by atoms with Crippen LogP contribution in [-0.4, -0.2) is 33.4 Å². The molecule has 0 saturated heterocycles. The monoisotopic (exact) mass is 488 g/mol. The lowest BCUT2D eigenvalue weighted by Gasteiger charge is -2.29. The first-order valence-corrected chi connectivity index (χ1v) is 11.8. The lowest BCUT2D eigenvalue weighted by molar-refractivity contribution is -0.588. The third-order valence-electron chi connectivity index (χ3n) is 6.47. The minimum absolute atomic E-state index is 0.199. The fraction of sp³-hybridized carbons (Fsp3) is 0.321. The molecule has 8 nitrogen and oxygen atoms in total. The number of aliphatic hydroxyl groups is 1. The van der Waals surface area contributed by atoms with Crippen molar-refractivity contribution in [1.29, 1.82) is 0 Å². The van der Waals surface area contributed by atoms with Crippen molar-refractivity contribution in [2.24, 2.45) is 0 Å². The van der Waals surface area contributed by atoms with Gasteiger partial charge in [-0.1, -0.05) is 0 Å². The van der Waals surface area contributed by atoms with Crippen LogP contribution in [0.5, 0.6) is 5.75 Å². The average Bonchev–Trinajstić information content (AvgIpc) is 2.83. The molecule has 0 radical (unpaired) electrons. The second-order valence-corrected chi connectivity index (χ2v) is 10.0. The molecule has 2 aromatic heterocycles. The summed E-state index contributed by atoms with van der Waals surface area (Å²) in [7, 11) is 0. The predicted octanol–water partition coefficient (Wildman–Crippen LogP) is 4.36. The maximum Gasteiger partial charge on any atom is 0.337 e. The van der Waals surface area contributed by atoms with Gasteiger partial charge in [0.2, 0.25) is 11.2 Å². The number of aliphatic hydroxyl groups excluding tert-OH is 1. The van der Waals surface area contributed by atoms with Gasteiger partial charge in [-0.05, 0) is 63.1 Å². The summed E-state index contributed by atoms with van der Waals surface area (Å²) in [5.41, 5.74) is 3.85.